The molecular formula is C35H47N9O3. The van der Waals surface area contributed by atoms with E-state index in [1.807, 2.05) is 34.9 Å². The van der Waals surface area contributed by atoms with Crippen LogP contribution >= 0.6 is 0 Å². The summed E-state index contributed by atoms with van der Waals surface area (Å²) in [5, 5.41) is 17.9. The summed E-state index contributed by atoms with van der Waals surface area (Å²) in [6.45, 7) is 8.91. The molecule has 4 N–H and O–H groups in total. The fourth-order valence-corrected chi connectivity index (χ4v) is 7.92. The highest BCUT2D eigenvalue weighted by Gasteiger charge is 2.35. The van der Waals surface area contributed by atoms with Crippen molar-refractivity contribution in [3.8, 4) is 0 Å². The molecule has 12 nitrogen and oxygen atoms in total. The second kappa shape index (κ2) is 13.9. The standard InChI is InChI=1S/C35H47N9O3/c1-24-20-25(21-27-23-37-40-32(24)27)22-31(33(45)42-18-16-41(17-19-42)28-6-11-36-12-7-28)39-34(46)43-13-9-29(10-14-43)44-15-8-26-4-2-3-5-30(26)38-35(44)47/h2-5,20-21,23,28-29,31,36H,6-19,22H2,1H3,(H,37,40)(H,38,47)(H,39,46). The van der Waals surface area contributed by atoms with Crippen LogP contribution in [-0.2, 0) is 17.6 Å². The molecule has 5 amide bonds. The van der Waals surface area contributed by atoms with Crippen LogP contribution < -0.4 is 16.0 Å². The third kappa shape index (κ3) is 6.94. The molecule has 47 heavy (non-hydrogen) atoms. The van der Waals surface area contributed by atoms with E-state index in [9.17, 15) is 14.4 Å². The average molecular weight is 642 g/mol. The highest BCUT2D eigenvalue weighted by molar-refractivity contribution is 5.91. The van der Waals surface area contributed by atoms with E-state index < -0.39 is 6.04 Å². The van der Waals surface area contributed by atoms with Gasteiger partial charge in [0, 0.05) is 75.4 Å². The van der Waals surface area contributed by atoms with Crippen LogP contribution in [0.25, 0.3) is 10.9 Å². The predicted octanol–water partition coefficient (Wildman–Crippen LogP) is 2.94. The smallest absolute Gasteiger partial charge is 0.322 e. The summed E-state index contributed by atoms with van der Waals surface area (Å²) in [4.78, 5) is 49.2. The number of fused-ring (bicyclic) bond motifs is 2. The summed E-state index contributed by atoms with van der Waals surface area (Å²) < 4.78 is 0. The van der Waals surface area contributed by atoms with E-state index in [2.05, 4.69) is 49.2 Å². The van der Waals surface area contributed by atoms with Crippen molar-refractivity contribution in [1.82, 2.24) is 40.4 Å². The number of nitrogens with one attached hydrogen (secondary N) is 4. The van der Waals surface area contributed by atoms with Crippen LogP contribution in [0.15, 0.2) is 42.6 Å². The van der Waals surface area contributed by atoms with Crippen LogP contribution in [0.3, 0.4) is 0 Å². The van der Waals surface area contributed by atoms with Crippen LogP contribution in [0.5, 0.6) is 0 Å². The number of anilines is 1. The lowest BCUT2D eigenvalue weighted by Crippen LogP contribution is -2.59. The Hall–Kier alpha value is -4.16. The lowest BCUT2D eigenvalue weighted by Gasteiger charge is -2.42. The number of aryl methyl sites for hydroxylation is 1. The van der Waals surface area contributed by atoms with Crippen molar-refractivity contribution < 1.29 is 14.4 Å². The molecule has 2 aromatic carbocycles. The summed E-state index contributed by atoms with van der Waals surface area (Å²) in [5.74, 6) is -0.0241. The molecule has 1 aromatic heterocycles. The molecule has 1 unspecified atom stereocenters. The molecular weight excluding hydrogens is 594 g/mol. The number of carbonyl (C=O) groups is 3. The molecule has 7 rings (SSSR count). The number of hydrogen-bond donors (Lipinski definition) is 4. The largest absolute Gasteiger partial charge is 0.338 e. The van der Waals surface area contributed by atoms with Gasteiger partial charge in [-0.05, 0) is 80.9 Å². The number of piperidine rings is 2. The summed E-state index contributed by atoms with van der Waals surface area (Å²) in [6, 6.07) is 11.8. The van der Waals surface area contributed by atoms with E-state index >= 15 is 0 Å². The topological polar surface area (TPSA) is 129 Å². The van der Waals surface area contributed by atoms with Gasteiger partial charge in [0.25, 0.3) is 0 Å². The first-order valence-corrected chi connectivity index (χ1v) is 17.3. The van der Waals surface area contributed by atoms with Gasteiger partial charge in [0.05, 0.1) is 11.7 Å². The third-order valence-corrected chi connectivity index (χ3v) is 10.6. The first kappa shape index (κ1) is 31.4. The van der Waals surface area contributed by atoms with E-state index in [1.54, 1.807) is 11.1 Å². The SMILES string of the molecule is Cc1cc(CC(NC(=O)N2CCC(N3CCc4ccccc4NC3=O)CC2)C(=O)N2CCN(C3CCNCC3)CC2)cc2cn[nH]c12. The van der Waals surface area contributed by atoms with Crippen molar-refractivity contribution in [2.45, 2.75) is 63.6 Å². The van der Waals surface area contributed by atoms with Crippen LogP contribution in [0.1, 0.15) is 42.4 Å². The molecule has 0 radical (unpaired) electrons. The molecule has 1 atom stereocenters. The first-order chi connectivity index (χ1) is 22.9. The van der Waals surface area contributed by atoms with Gasteiger partial charge in [0.15, 0.2) is 0 Å². The van der Waals surface area contributed by atoms with Gasteiger partial charge < -0.3 is 30.7 Å². The summed E-state index contributed by atoms with van der Waals surface area (Å²) >= 11 is 0. The second-order valence-corrected chi connectivity index (χ2v) is 13.5. The zero-order valence-corrected chi connectivity index (χ0v) is 27.3. The number of rotatable bonds is 6. The Morgan fingerprint density at radius 1 is 0.936 bits per heavy atom. The van der Waals surface area contributed by atoms with Crippen molar-refractivity contribution in [2.75, 3.05) is 64.2 Å². The Morgan fingerprint density at radius 2 is 1.70 bits per heavy atom. The lowest BCUT2D eigenvalue weighted by atomic mass is 9.99. The highest BCUT2D eigenvalue weighted by atomic mass is 16.2. The number of urea groups is 2. The lowest BCUT2D eigenvalue weighted by molar-refractivity contribution is -0.135. The molecule has 3 aromatic rings. The monoisotopic (exact) mass is 641 g/mol. The molecule has 3 saturated heterocycles. The van der Waals surface area contributed by atoms with Crippen molar-refractivity contribution in [3.05, 3.63) is 59.3 Å². The molecule has 5 heterocycles. The van der Waals surface area contributed by atoms with Crippen molar-refractivity contribution in [3.63, 3.8) is 0 Å². The molecule has 0 spiro atoms. The molecule has 0 aliphatic carbocycles. The number of amides is 5. The zero-order chi connectivity index (χ0) is 32.3. The number of likely N-dealkylation sites (tertiary alicyclic amines) is 1. The quantitative estimate of drug-likeness (QED) is 0.328. The normalized spacial score (nSPS) is 20.9. The van der Waals surface area contributed by atoms with Crippen LogP contribution in [0.4, 0.5) is 15.3 Å². The highest BCUT2D eigenvalue weighted by Crippen LogP contribution is 2.25. The van der Waals surface area contributed by atoms with Crippen molar-refractivity contribution in [2.24, 2.45) is 0 Å². The van der Waals surface area contributed by atoms with Gasteiger partial charge in [-0.25, -0.2) is 9.59 Å². The van der Waals surface area contributed by atoms with Gasteiger partial charge in [-0.2, -0.15) is 5.10 Å². The van der Waals surface area contributed by atoms with Crippen LogP contribution in [0, 0.1) is 6.92 Å². The molecule has 4 aliphatic rings. The minimum atomic E-state index is -0.677. The third-order valence-electron chi connectivity index (χ3n) is 10.6. The Kier molecular flexibility index (Phi) is 9.30. The van der Waals surface area contributed by atoms with Crippen LogP contribution in [-0.4, -0.2) is 125 Å². The number of aromatic amines is 1. The van der Waals surface area contributed by atoms with Gasteiger partial charge >= 0.3 is 12.1 Å². The molecule has 3 fully saturated rings. The first-order valence-electron chi connectivity index (χ1n) is 17.3. The predicted molar refractivity (Wildman–Crippen MR) is 181 cm³/mol. The minimum Gasteiger partial charge on any atom is -0.338 e. The molecule has 250 valence electrons. The average Bonchev–Trinajstić information content (AvgIpc) is 3.52. The van der Waals surface area contributed by atoms with Crippen molar-refractivity contribution in [1.29, 1.82) is 0 Å². The Labute approximate surface area is 276 Å². The number of nitrogens with zero attached hydrogens (tertiary/aromatic N) is 5. The van der Waals surface area contributed by atoms with Crippen molar-refractivity contribution >= 4 is 34.6 Å². The number of piperazine rings is 1. The number of hydrogen-bond acceptors (Lipinski definition) is 6. The number of benzene rings is 2. The van der Waals surface area contributed by atoms with E-state index in [1.165, 1.54) is 0 Å². The van der Waals surface area contributed by atoms with E-state index in [-0.39, 0.29) is 24.0 Å². The number of aromatic nitrogens is 2. The maximum absolute atomic E-state index is 14.1. The molecule has 0 bridgehead atoms. The summed E-state index contributed by atoms with van der Waals surface area (Å²) in [7, 11) is 0. The van der Waals surface area contributed by atoms with E-state index in [0.717, 1.165) is 78.7 Å². The molecule has 4 aliphatic heterocycles. The number of H-pyrrole nitrogens is 1. The Bertz CT molecular complexity index is 1590. The number of carbonyl (C=O) groups excluding carboxylic acids is 3. The second-order valence-electron chi connectivity index (χ2n) is 13.5. The fourth-order valence-electron chi connectivity index (χ4n) is 7.92. The Balaban J connectivity index is 1.00. The van der Waals surface area contributed by atoms with Gasteiger partial charge in [-0.3, -0.25) is 14.8 Å². The minimum absolute atomic E-state index is 0.0241. The summed E-state index contributed by atoms with van der Waals surface area (Å²) in [5.41, 5.74) is 5.06. The molecule has 12 heteroatoms. The van der Waals surface area contributed by atoms with Gasteiger partial charge in [-0.15, -0.1) is 0 Å². The zero-order valence-electron chi connectivity index (χ0n) is 27.3. The van der Waals surface area contributed by atoms with E-state index in [0.29, 0.717) is 58.0 Å². The maximum atomic E-state index is 14.1. The van der Waals surface area contributed by atoms with Gasteiger partial charge in [-0.1, -0.05) is 24.3 Å². The number of para-hydroxylation sites is 1. The Morgan fingerprint density at radius 3 is 2.49 bits per heavy atom. The van der Waals surface area contributed by atoms with Gasteiger partial charge in [0.1, 0.15) is 6.04 Å². The fraction of sp³-hybridized carbons (Fsp3) is 0.543. The molecule has 0 saturated carbocycles. The van der Waals surface area contributed by atoms with E-state index in [4.69, 9.17) is 0 Å². The van der Waals surface area contributed by atoms with Gasteiger partial charge in [0.2, 0.25) is 5.91 Å². The summed E-state index contributed by atoms with van der Waals surface area (Å²) in [6.07, 6.45) is 6.70. The maximum Gasteiger partial charge on any atom is 0.322 e. The van der Waals surface area contributed by atoms with Crippen LogP contribution in [0.2, 0.25) is 0 Å².